The molecule has 9 atom stereocenters. The Kier molecular flexibility index (Phi) is 8.72. The number of allylic oxidation sites excluding steroid dienone is 3. The number of piperidine rings is 1. The highest BCUT2D eigenvalue weighted by molar-refractivity contribution is 5.88. The molecule has 6 fully saturated rings. The summed E-state index contributed by atoms with van der Waals surface area (Å²) >= 11 is 0. The van der Waals surface area contributed by atoms with Crippen LogP contribution in [0.5, 0.6) is 0 Å². The Morgan fingerprint density at radius 3 is 2.19 bits per heavy atom. The van der Waals surface area contributed by atoms with Crippen molar-refractivity contribution in [2.24, 2.45) is 51.2 Å². The number of aromatic carboxylic acids is 1. The van der Waals surface area contributed by atoms with E-state index in [1.165, 1.54) is 81.2 Å². The minimum Gasteiger partial charge on any atom is -0.478 e. The summed E-state index contributed by atoms with van der Waals surface area (Å²) in [6, 6.07) is 7.68. The minimum atomic E-state index is -0.868. The van der Waals surface area contributed by atoms with Gasteiger partial charge in [-0.1, -0.05) is 71.4 Å². The highest BCUT2D eigenvalue weighted by Gasteiger charge is 2.70. The van der Waals surface area contributed by atoms with E-state index in [1.807, 2.05) is 12.1 Å². The first kappa shape index (κ1) is 36.4. The zero-order chi connectivity index (χ0) is 36.9. The number of hydrogen-bond donors (Lipinski definition) is 3. The van der Waals surface area contributed by atoms with Crippen molar-refractivity contribution in [3.63, 3.8) is 0 Å². The Balaban J connectivity index is 1.05. The number of carbonyl (C=O) groups excluding carboxylic acids is 1. The molecule has 0 bridgehead atoms. The predicted octanol–water partition coefficient (Wildman–Crippen LogP) is 10.1. The molecule has 1 aliphatic heterocycles. The molecule has 9 unspecified atom stereocenters. The maximum atomic E-state index is 14.1. The van der Waals surface area contributed by atoms with Crippen LogP contribution in [0.15, 0.2) is 42.5 Å². The van der Waals surface area contributed by atoms with Crippen molar-refractivity contribution in [3.05, 3.63) is 53.6 Å². The zero-order valence-corrected chi connectivity index (χ0v) is 33.2. The van der Waals surface area contributed by atoms with Crippen LogP contribution in [-0.4, -0.2) is 52.7 Å². The number of nitrogens with one attached hydrogen (secondary N) is 2. The number of fused-ring (bicyclic) bond motifs is 7. The van der Waals surface area contributed by atoms with E-state index in [2.05, 4.69) is 69.7 Å². The van der Waals surface area contributed by atoms with Gasteiger partial charge in [-0.05, 0) is 178 Å². The number of carboxylic acids is 1. The van der Waals surface area contributed by atoms with Crippen LogP contribution in [0.1, 0.15) is 147 Å². The van der Waals surface area contributed by atoms with Gasteiger partial charge in [0.05, 0.1) is 11.1 Å². The first-order valence-electron chi connectivity index (χ1n) is 21.1. The van der Waals surface area contributed by atoms with Crippen molar-refractivity contribution in [1.29, 1.82) is 0 Å². The molecule has 1 aromatic carbocycles. The van der Waals surface area contributed by atoms with E-state index >= 15 is 0 Å². The number of likely N-dealkylation sites (tertiary alicyclic amines) is 1. The molecule has 1 aromatic rings. The summed E-state index contributed by atoms with van der Waals surface area (Å²) in [6.45, 7) is 23.1. The molecule has 1 heterocycles. The molecule has 6 nitrogen and oxygen atoms in total. The first-order valence-corrected chi connectivity index (χ1v) is 21.1. The fourth-order valence-corrected chi connectivity index (χ4v) is 14.8. The second-order valence-corrected chi connectivity index (χ2v) is 20.5. The Labute approximate surface area is 314 Å². The SMILES string of the molecule is C=C(C)C1CCC2(NC(=O)NC3(CN4CCCCC4)CC3)CCC3(C)C(CCC4C5(C)CC=C(c6ccc(C(=O)O)cc6)C(C)(C)C5CCC43C)C12. The monoisotopic (exact) mass is 710 g/mol. The molecule has 3 N–H and O–H groups in total. The molecule has 6 heteroatoms. The van der Waals surface area contributed by atoms with Gasteiger partial charge < -0.3 is 20.6 Å². The lowest BCUT2D eigenvalue weighted by Gasteiger charge is -2.72. The average molecular weight is 710 g/mol. The van der Waals surface area contributed by atoms with Gasteiger partial charge in [0.2, 0.25) is 0 Å². The molecule has 52 heavy (non-hydrogen) atoms. The van der Waals surface area contributed by atoms with Crippen LogP contribution >= 0.6 is 0 Å². The topological polar surface area (TPSA) is 81.7 Å². The molecule has 0 aromatic heterocycles. The van der Waals surface area contributed by atoms with E-state index in [9.17, 15) is 14.7 Å². The summed E-state index contributed by atoms with van der Waals surface area (Å²) in [5.41, 5.74) is 4.69. The van der Waals surface area contributed by atoms with Crippen LogP contribution in [0.2, 0.25) is 0 Å². The van der Waals surface area contributed by atoms with Crippen LogP contribution in [0.4, 0.5) is 4.79 Å². The van der Waals surface area contributed by atoms with Crippen molar-refractivity contribution < 1.29 is 14.7 Å². The summed E-state index contributed by atoms with van der Waals surface area (Å²) in [5, 5.41) is 16.9. The van der Waals surface area contributed by atoms with Gasteiger partial charge in [-0.2, -0.15) is 0 Å². The standard InChI is InChI=1S/C46H67N3O3/c1-30(2)33-17-22-46(48-40(52)47-45(24-25-45)29-49-27-9-8-10-28-49)26-23-43(6)35(38(33)46)15-16-37-42(5)20-18-34(31-11-13-32(14-12-31)39(50)51)41(3,4)36(42)19-21-44(37,43)7/h11-14,18,33,35-38H,1,8-10,15-17,19-29H2,2-7H3,(H,50,51)(H2,47,48,52). The third-order valence-corrected chi connectivity index (χ3v) is 17.7. The lowest BCUT2D eigenvalue weighted by Crippen LogP contribution is -2.69. The Hall–Kier alpha value is -2.60. The van der Waals surface area contributed by atoms with Gasteiger partial charge in [0.15, 0.2) is 0 Å². The van der Waals surface area contributed by atoms with Gasteiger partial charge in [0, 0.05) is 12.1 Å². The smallest absolute Gasteiger partial charge is 0.335 e. The molecule has 284 valence electrons. The van der Waals surface area contributed by atoms with Crippen molar-refractivity contribution >= 4 is 17.6 Å². The maximum Gasteiger partial charge on any atom is 0.335 e. The van der Waals surface area contributed by atoms with E-state index in [0.717, 1.165) is 45.1 Å². The number of rotatable bonds is 7. The largest absolute Gasteiger partial charge is 0.478 e. The summed E-state index contributed by atoms with van der Waals surface area (Å²) in [4.78, 5) is 28.3. The second-order valence-electron chi connectivity index (χ2n) is 20.5. The quantitative estimate of drug-likeness (QED) is 0.246. The van der Waals surface area contributed by atoms with Crippen LogP contribution in [0.25, 0.3) is 5.57 Å². The fourth-order valence-electron chi connectivity index (χ4n) is 14.8. The number of urea groups is 1. The molecule has 1 saturated heterocycles. The first-order chi connectivity index (χ1) is 24.6. The number of benzene rings is 1. The molecule has 5 saturated carbocycles. The van der Waals surface area contributed by atoms with Crippen molar-refractivity contribution in [1.82, 2.24) is 15.5 Å². The van der Waals surface area contributed by atoms with Crippen LogP contribution in [-0.2, 0) is 0 Å². The Morgan fingerprint density at radius 2 is 1.54 bits per heavy atom. The highest BCUT2D eigenvalue weighted by Crippen LogP contribution is 2.76. The van der Waals surface area contributed by atoms with Gasteiger partial charge in [-0.25, -0.2) is 9.59 Å². The van der Waals surface area contributed by atoms with E-state index < -0.39 is 5.97 Å². The molecule has 8 rings (SSSR count). The lowest BCUT2D eigenvalue weighted by atomic mass is 9.33. The average Bonchev–Trinajstić information content (AvgIpc) is 3.72. The fraction of sp³-hybridized carbons (Fsp3) is 0.739. The lowest BCUT2D eigenvalue weighted by molar-refractivity contribution is -0.218. The normalized spacial score (nSPS) is 41.7. The Bertz CT molecular complexity index is 1640. The summed E-state index contributed by atoms with van der Waals surface area (Å²) in [7, 11) is 0. The van der Waals surface area contributed by atoms with Crippen molar-refractivity contribution in [2.45, 2.75) is 143 Å². The summed E-state index contributed by atoms with van der Waals surface area (Å²) in [6.07, 6.45) is 19.2. The third-order valence-electron chi connectivity index (χ3n) is 17.7. The maximum absolute atomic E-state index is 14.1. The number of carbonyl (C=O) groups is 2. The molecule has 2 amide bonds. The number of nitrogens with zero attached hydrogens (tertiary/aromatic N) is 1. The van der Waals surface area contributed by atoms with E-state index in [0.29, 0.717) is 35.2 Å². The third kappa shape index (κ3) is 5.49. The van der Waals surface area contributed by atoms with Gasteiger partial charge in [0.1, 0.15) is 0 Å². The molecule has 0 radical (unpaired) electrons. The van der Waals surface area contributed by atoms with E-state index in [1.54, 1.807) is 12.1 Å². The van der Waals surface area contributed by atoms with Crippen LogP contribution < -0.4 is 10.6 Å². The van der Waals surface area contributed by atoms with Gasteiger partial charge >= 0.3 is 12.0 Å². The predicted molar refractivity (Wildman–Crippen MR) is 210 cm³/mol. The van der Waals surface area contributed by atoms with Gasteiger partial charge in [0.25, 0.3) is 0 Å². The molecule has 7 aliphatic rings. The number of carboxylic acid groups (broad SMARTS) is 1. The van der Waals surface area contributed by atoms with Crippen molar-refractivity contribution in [2.75, 3.05) is 19.6 Å². The van der Waals surface area contributed by atoms with E-state index in [4.69, 9.17) is 0 Å². The molecule has 6 aliphatic carbocycles. The molecular formula is C46H67N3O3. The molecule has 0 spiro atoms. The second kappa shape index (κ2) is 12.5. The number of hydrogen-bond acceptors (Lipinski definition) is 3. The minimum absolute atomic E-state index is 0.000752. The number of amides is 2. The van der Waals surface area contributed by atoms with Gasteiger partial charge in [-0.3, -0.25) is 0 Å². The highest BCUT2D eigenvalue weighted by atomic mass is 16.4. The summed E-state index contributed by atoms with van der Waals surface area (Å²) < 4.78 is 0. The van der Waals surface area contributed by atoms with E-state index in [-0.39, 0.29) is 38.8 Å². The van der Waals surface area contributed by atoms with Crippen LogP contribution in [0, 0.1) is 51.2 Å². The zero-order valence-electron chi connectivity index (χ0n) is 33.2. The van der Waals surface area contributed by atoms with Gasteiger partial charge in [-0.15, -0.1) is 0 Å². The summed E-state index contributed by atoms with van der Waals surface area (Å²) in [5.74, 6) is 1.83. The molecular weight excluding hydrogens is 643 g/mol. The van der Waals surface area contributed by atoms with Crippen LogP contribution in [0.3, 0.4) is 0 Å². The Morgan fingerprint density at radius 1 is 0.827 bits per heavy atom. The van der Waals surface area contributed by atoms with Crippen molar-refractivity contribution in [3.8, 4) is 0 Å².